The van der Waals surface area contributed by atoms with Gasteiger partial charge in [-0.25, -0.2) is 0 Å². The van der Waals surface area contributed by atoms with Gasteiger partial charge in [0, 0.05) is 16.0 Å². The number of anilines is 1. The first-order valence-corrected chi connectivity index (χ1v) is 8.25. The third kappa shape index (κ3) is 3.43. The van der Waals surface area contributed by atoms with Crippen LogP contribution in [0.15, 0.2) is 71.6 Å². The van der Waals surface area contributed by atoms with Gasteiger partial charge in [-0.2, -0.15) is 0 Å². The fourth-order valence-corrected chi connectivity index (χ4v) is 3.26. The lowest BCUT2D eigenvalue weighted by molar-refractivity contribution is -0.113. The molecular formula is C18H14ClNOS. The lowest BCUT2D eigenvalue weighted by Gasteiger charge is -2.09. The molecule has 0 radical (unpaired) electrons. The molecule has 0 bridgehead atoms. The number of amides is 1. The Labute approximate surface area is 138 Å². The van der Waals surface area contributed by atoms with Gasteiger partial charge in [0.25, 0.3) is 0 Å². The predicted octanol–water partition coefficient (Wildman–Crippen LogP) is 5.22. The normalized spacial score (nSPS) is 10.6. The number of hydrogen-bond acceptors (Lipinski definition) is 2. The number of fused-ring (bicyclic) bond motifs is 1. The van der Waals surface area contributed by atoms with E-state index >= 15 is 0 Å². The van der Waals surface area contributed by atoms with E-state index in [0.29, 0.717) is 10.8 Å². The zero-order valence-corrected chi connectivity index (χ0v) is 13.3. The van der Waals surface area contributed by atoms with E-state index in [0.717, 1.165) is 21.4 Å². The van der Waals surface area contributed by atoms with E-state index in [-0.39, 0.29) is 5.91 Å². The molecule has 3 rings (SSSR count). The van der Waals surface area contributed by atoms with Crippen LogP contribution in [0.4, 0.5) is 5.69 Å². The largest absolute Gasteiger partial charge is 0.325 e. The second-order valence-corrected chi connectivity index (χ2v) is 6.22. The van der Waals surface area contributed by atoms with Crippen molar-refractivity contribution in [1.82, 2.24) is 0 Å². The Morgan fingerprint density at radius 1 is 0.955 bits per heavy atom. The molecule has 110 valence electrons. The van der Waals surface area contributed by atoms with Crippen molar-refractivity contribution in [2.75, 3.05) is 11.1 Å². The fourth-order valence-electron chi connectivity index (χ4n) is 2.23. The summed E-state index contributed by atoms with van der Waals surface area (Å²) in [5.74, 6) is 0.286. The average Bonchev–Trinajstić information content (AvgIpc) is 2.54. The molecule has 0 saturated heterocycles. The van der Waals surface area contributed by atoms with E-state index in [9.17, 15) is 4.79 Å². The summed E-state index contributed by atoms with van der Waals surface area (Å²) in [6, 6.07) is 21.4. The quantitative estimate of drug-likeness (QED) is 0.665. The van der Waals surface area contributed by atoms with Gasteiger partial charge in [-0.3, -0.25) is 4.79 Å². The fraction of sp³-hybridized carbons (Fsp3) is 0.0556. The van der Waals surface area contributed by atoms with Gasteiger partial charge in [-0.05, 0) is 23.6 Å². The molecule has 0 aliphatic carbocycles. The second-order valence-electron chi connectivity index (χ2n) is 4.79. The lowest BCUT2D eigenvalue weighted by atomic mass is 10.1. The number of carbonyl (C=O) groups excluding carboxylic acids is 1. The zero-order chi connectivity index (χ0) is 15.4. The van der Waals surface area contributed by atoms with Crippen LogP contribution in [0.5, 0.6) is 0 Å². The summed E-state index contributed by atoms with van der Waals surface area (Å²) in [5, 5.41) is 5.80. The Hall–Kier alpha value is -1.97. The monoisotopic (exact) mass is 327 g/mol. The maximum absolute atomic E-state index is 12.2. The summed E-state index contributed by atoms with van der Waals surface area (Å²) in [4.78, 5) is 13.1. The summed E-state index contributed by atoms with van der Waals surface area (Å²) in [6.07, 6.45) is 0. The summed E-state index contributed by atoms with van der Waals surface area (Å²) in [6.45, 7) is 0. The van der Waals surface area contributed by atoms with Gasteiger partial charge >= 0.3 is 0 Å². The molecule has 0 fully saturated rings. The molecule has 3 aromatic rings. The standard InChI is InChI=1S/C18H14ClNOS/c19-15-9-3-4-11-17(15)22-12-18(21)20-16-10-5-7-13-6-1-2-8-14(13)16/h1-11H,12H2,(H,20,21). The number of carbonyl (C=O) groups is 1. The minimum Gasteiger partial charge on any atom is -0.325 e. The number of halogens is 1. The van der Waals surface area contributed by atoms with Crippen molar-refractivity contribution in [2.24, 2.45) is 0 Å². The molecule has 0 spiro atoms. The Balaban J connectivity index is 1.70. The number of benzene rings is 3. The van der Waals surface area contributed by atoms with E-state index in [1.165, 1.54) is 11.8 Å². The molecule has 0 aromatic heterocycles. The Morgan fingerprint density at radius 3 is 2.55 bits per heavy atom. The highest BCUT2D eigenvalue weighted by atomic mass is 35.5. The molecule has 0 heterocycles. The van der Waals surface area contributed by atoms with Crippen LogP contribution in [0, 0.1) is 0 Å². The smallest absolute Gasteiger partial charge is 0.234 e. The van der Waals surface area contributed by atoms with Gasteiger partial charge < -0.3 is 5.32 Å². The zero-order valence-electron chi connectivity index (χ0n) is 11.8. The molecule has 1 N–H and O–H groups in total. The lowest BCUT2D eigenvalue weighted by Crippen LogP contribution is -2.14. The van der Waals surface area contributed by atoms with Gasteiger partial charge in [0.2, 0.25) is 5.91 Å². The molecule has 0 aliphatic heterocycles. The summed E-state index contributed by atoms with van der Waals surface area (Å²) in [5.41, 5.74) is 0.836. The molecular weight excluding hydrogens is 314 g/mol. The maximum Gasteiger partial charge on any atom is 0.234 e. The van der Waals surface area contributed by atoms with E-state index in [4.69, 9.17) is 11.6 Å². The summed E-state index contributed by atoms with van der Waals surface area (Å²) < 4.78 is 0. The van der Waals surface area contributed by atoms with Crippen molar-refractivity contribution >= 4 is 45.7 Å². The van der Waals surface area contributed by atoms with Crippen LogP contribution in [0.3, 0.4) is 0 Å². The number of nitrogens with one attached hydrogen (secondary N) is 1. The van der Waals surface area contributed by atoms with Crippen LogP contribution < -0.4 is 5.32 Å². The molecule has 1 amide bonds. The van der Waals surface area contributed by atoms with E-state index in [1.807, 2.05) is 66.7 Å². The third-order valence-corrected chi connectivity index (χ3v) is 4.77. The molecule has 0 saturated carbocycles. The Bertz CT molecular complexity index is 814. The molecule has 0 aliphatic rings. The number of rotatable bonds is 4. The second kappa shape index (κ2) is 6.86. The van der Waals surface area contributed by atoms with Crippen LogP contribution in [-0.4, -0.2) is 11.7 Å². The highest BCUT2D eigenvalue weighted by Crippen LogP contribution is 2.27. The average molecular weight is 328 g/mol. The van der Waals surface area contributed by atoms with Gasteiger partial charge in [0.1, 0.15) is 0 Å². The van der Waals surface area contributed by atoms with Gasteiger partial charge in [0.15, 0.2) is 0 Å². The maximum atomic E-state index is 12.2. The highest BCUT2D eigenvalue weighted by Gasteiger charge is 2.07. The Kier molecular flexibility index (Phi) is 4.66. The van der Waals surface area contributed by atoms with Crippen LogP contribution in [-0.2, 0) is 4.79 Å². The van der Waals surface area contributed by atoms with Gasteiger partial charge in [-0.1, -0.05) is 60.1 Å². The van der Waals surface area contributed by atoms with Crippen molar-refractivity contribution in [1.29, 1.82) is 0 Å². The molecule has 2 nitrogen and oxygen atoms in total. The van der Waals surface area contributed by atoms with E-state index in [2.05, 4.69) is 5.32 Å². The van der Waals surface area contributed by atoms with Crippen molar-refractivity contribution in [3.8, 4) is 0 Å². The highest BCUT2D eigenvalue weighted by molar-refractivity contribution is 8.00. The van der Waals surface area contributed by atoms with E-state index < -0.39 is 0 Å². The molecule has 22 heavy (non-hydrogen) atoms. The summed E-state index contributed by atoms with van der Waals surface area (Å²) in [7, 11) is 0. The minimum absolute atomic E-state index is 0.0405. The minimum atomic E-state index is -0.0405. The molecule has 0 unspecified atom stereocenters. The van der Waals surface area contributed by atoms with Crippen LogP contribution in [0.1, 0.15) is 0 Å². The number of thioether (sulfide) groups is 1. The topological polar surface area (TPSA) is 29.1 Å². The van der Waals surface area contributed by atoms with Gasteiger partial charge in [-0.15, -0.1) is 11.8 Å². The predicted molar refractivity (Wildman–Crippen MR) is 94.8 cm³/mol. The van der Waals surface area contributed by atoms with Crippen molar-refractivity contribution in [3.05, 3.63) is 71.8 Å². The van der Waals surface area contributed by atoms with Crippen LogP contribution >= 0.6 is 23.4 Å². The third-order valence-electron chi connectivity index (χ3n) is 3.26. The van der Waals surface area contributed by atoms with Crippen molar-refractivity contribution in [2.45, 2.75) is 4.90 Å². The SMILES string of the molecule is O=C(CSc1ccccc1Cl)Nc1cccc2ccccc12. The first-order chi connectivity index (χ1) is 10.7. The molecule has 4 heteroatoms. The van der Waals surface area contributed by atoms with Crippen LogP contribution in [0.2, 0.25) is 5.02 Å². The van der Waals surface area contributed by atoms with Crippen molar-refractivity contribution < 1.29 is 4.79 Å². The van der Waals surface area contributed by atoms with E-state index in [1.54, 1.807) is 0 Å². The Morgan fingerprint density at radius 2 is 1.68 bits per heavy atom. The van der Waals surface area contributed by atoms with Crippen molar-refractivity contribution in [3.63, 3.8) is 0 Å². The van der Waals surface area contributed by atoms with Crippen LogP contribution in [0.25, 0.3) is 10.8 Å². The first-order valence-electron chi connectivity index (χ1n) is 6.89. The summed E-state index contributed by atoms with van der Waals surface area (Å²) >= 11 is 7.53. The molecule has 0 atom stereocenters. The number of hydrogen-bond donors (Lipinski definition) is 1. The molecule has 3 aromatic carbocycles. The first kappa shape index (κ1) is 14.9. The van der Waals surface area contributed by atoms with Gasteiger partial charge in [0.05, 0.1) is 10.8 Å².